The molecule has 0 spiro atoms. The van der Waals surface area contributed by atoms with Crippen LogP contribution in [0.2, 0.25) is 0 Å². The number of carboxylic acids is 1. The van der Waals surface area contributed by atoms with Crippen molar-refractivity contribution in [2.45, 2.75) is 0 Å². The second kappa shape index (κ2) is 5.30. The van der Waals surface area contributed by atoms with Crippen LogP contribution in [0, 0.1) is 10.1 Å². The molecule has 1 aliphatic heterocycles. The number of anilines is 1. The summed E-state index contributed by atoms with van der Waals surface area (Å²) in [5, 5.41) is 21.8. The van der Waals surface area contributed by atoms with Crippen LogP contribution >= 0.6 is 11.3 Å². The predicted octanol–water partition coefficient (Wildman–Crippen LogP) is 0.511. The summed E-state index contributed by atoms with van der Waals surface area (Å²) in [7, 11) is 0. The molecule has 9 nitrogen and oxygen atoms in total. The topological polar surface area (TPSA) is 104 Å². The SMILES string of the molecule is O=C(O)CN1CCN(c2nc3sccn3c2[N+](=O)[O-])CC1. The maximum absolute atomic E-state index is 11.3. The third-order valence-electron chi connectivity index (χ3n) is 3.42. The summed E-state index contributed by atoms with van der Waals surface area (Å²) in [6.45, 7) is 2.15. The number of carbonyl (C=O) groups is 1. The number of rotatable bonds is 4. The van der Waals surface area contributed by atoms with Crippen molar-refractivity contribution in [1.82, 2.24) is 14.3 Å². The van der Waals surface area contributed by atoms with Gasteiger partial charge in [-0.05, 0) is 4.92 Å². The van der Waals surface area contributed by atoms with Crippen LogP contribution in [0.25, 0.3) is 4.96 Å². The van der Waals surface area contributed by atoms with Crippen LogP contribution in [0.15, 0.2) is 11.6 Å². The number of aromatic nitrogens is 2. The molecule has 0 saturated carbocycles. The molecule has 1 saturated heterocycles. The Morgan fingerprint density at radius 2 is 2.14 bits per heavy atom. The van der Waals surface area contributed by atoms with Gasteiger partial charge in [-0.3, -0.25) is 9.69 Å². The molecular formula is C11H13N5O4S. The monoisotopic (exact) mass is 311 g/mol. The summed E-state index contributed by atoms with van der Waals surface area (Å²) >= 11 is 1.35. The van der Waals surface area contributed by atoms with Crippen molar-refractivity contribution < 1.29 is 14.8 Å². The molecule has 3 heterocycles. The Kier molecular flexibility index (Phi) is 3.47. The van der Waals surface area contributed by atoms with Crippen LogP contribution < -0.4 is 4.90 Å². The van der Waals surface area contributed by atoms with E-state index in [0.29, 0.717) is 37.0 Å². The Balaban J connectivity index is 1.82. The van der Waals surface area contributed by atoms with Gasteiger partial charge in [0, 0.05) is 31.6 Å². The first-order valence-corrected chi connectivity index (χ1v) is 7.23. The number of hydrogen-bond acceptors (Lipinski definition) is 7. The summed E-state index contributed by atoms with van der Waals surface area (Å²) in [5.41, 5.74) is 0. The average Bonchev–Trinajstić information content (AvgIpc) is 2.98. The second-order valence-electron chi connectivity index (χ2n) is 4.73. The smallest absolute Gasteiger partial charge is 0.373 e. The van der Waals surface area contributed by atoms with Gasteiger partial charge >= 0.3 is 11.8 Å². The predicted molar refractivity (Wildman–Crippen MR) is 76.0 cm³/mol. The number of nitro groups is 1. The first kappa shape index (κ1) is 13.8. The zero-order chi connectivity index (χ0) is 15.0. The fourth-order valence-electron chi connectivity index (χ4n) is 2.45. The largest absolute Gasteiger partial charge is 0.480 e. The molecular weight excluding hydrogens is 298 g/mol. The van der Waals surface area contributed by atoms with Crippen LogP contribution in [-0.2, 0) is 4.79 Å². The fraction of sp³-hybridized carbons (Fsp3) is 0.455. The standard InChI is InChI=1S/C11H13N5O4S/c17-8(18)7-13-1-3-14(4-2-13)9-10(16(19)20)15-5-6-21-11(15)12-9/h5-6H,1-4,7H2,(H,17,18). The van der Waals surface area contributed by atoms with E-state index in [4.69, 9.17) is 5.11 Å². The molecule has 1 aliphatic rings. The van der Waals surface area contributed by atoms with Gasteiger partial charge in [-0.15, -0.1) is 0 Å². The fourth-order valence-corrected chi connectivity index (χ4v) is 3.16. The lowest BCUT2D eigenvalue weighted by Gasteiger charge is -2.33. The summed E-state index contributed by atoms with van der Waals surface area (Å²) in [4.78, 5) is 30.1. The zero-order valence-electron chi connectivity index (χ0n) is 11.0. The number of fused-ring (bicyclic) bond motifs is 1. The van der Waals surface area contributed by atoms with Crippen molar-refractivity contribution in [1.29, 1.82) is 0 Å². The Morgan fingerprint density at radius 1 is 1.43 bits per heavy atom. The summed E-state index contributed by atoms with van der Waals surface area (Å²) in [6.07, 6.45) is 1.63. The van der Waals surface area contributed by atoms with Crippen molar-refractivity contribution in [2.75, 3.05) is 37.6 Å². The molecule has 0 radical (unpaired) electrons. The van der Waals surface area contributed by atoms with Crippen molar-refractivity contribution >= 4 is 33.9 Å². The minimum Gasteiger partial charge on any atom is -0.480 e. The van der Waals surface area contributed by atoms with E-state index in [1.165, 1.54) is 15.7 Å². The molecule has 112 valence electrons. The van der Waals surface area contributed by atoms with E-state index in [1.807, 2.05) is 9.80 Å². The second-order valence-corrected chi connectivity index (χ2v) is 5.60. The van der Waals surface area contributed by atoms with Crippen molar-refractivity contribution in [3.8, 4) is 0 Å². The zero-order valence-corrected chi connectivity index (χ0v) is 11.8. The molecule has 0 aliphatic carbocycles. The van der Waals surface area contributed by atoms with Gasteiger partial charge in [0.1, 0.15) is 6.20 Å². The van der Waals surface area contributed by atoms with Gasteiger partial charge in [0.15, 0.2) is 0 Å². The molecule has 21 heavy (non-hydrogen) atoms. The van der Waals surface area contributed by atoms with E-state index in [1.54, 1.807) is 11.6 Å². The molecule has 0 bridgehead atoms. The highest BCUT2D eigenvalue weighted by Gasteiger charge is 2.30. The molecule has 2 aromatic heterocycles. The highest BCUT2D eigenvalue weighted by Crippen LogP contribution is 2.31. The Bertz CT molecular complexity index is 688. The Hall–Kier alpha value is -2.20. The van der Waals surface area contributed by atoms with Crippen LogP contribution in [0.1, 0.15) is 0 Å². The van der Waals surface area contributed by atoms with Gasteiger partial charge in [-0.25, -0.2) is 0 Å². The maximum Gasteiger partial charge on any atom is 0.373 e. The maximum atomic E-state index is 11.3. The first-order chi connectivity index (χ1) is 10.1. The normalized spacial score (nSPS) is 16.5. The van der Waals surface area contributed by atoms with Crippen LogP contribution in [-0.4, -0.2) is 63.0 Å². The van der Waals surface area contributed by atoms with Crippen molar-refractivity contribution in [3.05, 3.63) is 21.7 Å². The number of aliphatic carboxylic acids is 1. The van der Waals surface area contributed by atoms with Crippen molar-refractivity contribution in [3.63, 3.8) is 0 Å². The first-order valence-electron chi connectivity index (χ1n) is 6.35. The van der Waals surface area contributed by atoms with Gasteiger partial charge in [-0.2, -0.15) is 9.38 Å². The van der Waals surface area contributed by atoms with E-state index in [0.717, 1.165) is 0 Å². The van der Waals surface area contributed by atoms with Gasteiger partial charge in [-0.1, -0.05) is 11.3 Å². The van der Waals surface area contributed by atoms with Crippen LogP contribution in [0.3, 0.4) is 0 Å². The molecule has 0 atom stereocenters. The minimum atomic E-state index is -0.864. The number of carboxylic acid groups (broad SMARTS) is 1. The molecule has 0 unspecified atom stereocenters. The number of imidazole rings is 1. The molecule has 1 N–H and O–H groups in total. The summed E-state index contributed by atoms with van der Waals surface area (Å²) in [6, 6.07) is 0. The van der Waals surface area contributed by atoms with E-state index >= 15 is 0 Å². The molecule has 0 aromatic carbocycles. The number of thiazole rings is 1. The summed E-state index contributed by atoms with van der Waals surface area (Å²) < 4.78 is 1.48. The van der Waals surface area contributed by atoms with Crippen LogP contribution in [0.5, 0.6) is 0 Å². The minimum absolute atomic E-state index is 0.00574. The average molecular weight is 311 g/mol. The highest BCUT2D eigenvalue weighted by molar-refractivity contribution is 7.15. The molecule has 1 fully saturated rings. The molecule has 0 amide bonds. The van der Waals surface area contributed by atoms with E-state index < -0.39 is 10.9 Å². The third-order valence-corrected chi connectivity index (χ3v) is 4.18. The van der Waals surface area contributed by atoms with E-state index in [9.17, 15) is 14.9 Å². The molecule has 3 rings (SSSR count). The third kappa shape index (κ3) is 2.54. The van der Waals surface area contributed by atoms with Gasteiger partial charge in [0.05, 0.1) is 6.54 Å². The number of piperazine rings is 1. The lowest BCUT2D eigenvalue weighted by molar-refractivity contribution is -0.389. The lowest BCUT2D eigenvalue weighted by atomic mass is 10.3. The molecule has 2 aromatic rings. The van der Waals surface area contributed by atoms with Crippen LogP contribution in [0.4, 0.5) is 11.6 Å². The van der Waals surface area contributed by atoms with E-state index in [2.05, 4.69) is 4.98 Å². The number of nitrogens with zero attached hydrogens (tertiary/aromatic N) is 5. The highest BCUT2D eigenvalue weighted by atomic mass is 32.1. The Morgan fingerprint density at radius 3 is 2.76 bits per heavy atom. The van der Waals surface area contributed by atoms with Gasteiger partial charge in [0.25, 0.3) is 4.96 Å². The lowest BCUT2D eigenvalue weighted by Crippen LogP contribution is -2.48. The van der Waals surface area contributed by atoms with Crippen molar-refractivity contribution in [2.24, 2.45) is 0 Å². The summed E-state index contributed by atoms with van der Waals surface area (Å²) in [5.74, 6) is -0.531. The van der Waals surface area contributed by atoms with Gasteiger partial charge < -0.3 is 20.1 Å². The molecule has 10 heteroatoms. The number of hydrogen-bond donors (Lipinski definition) is 1. The van der Waals surface area contributed by atoms with Gasteiger partial charge in [0.2, 0.25) is 5.82 Å². The Labute approximate surface area is 123 Å². The quantitative estimate of drug-likeness (QED) is 0.648. The van der Waals surface area contributed by atoms with E-state index in [-0.39, 0.29) is 12.4 Å².